The molecular formula is C28H42O3. The van der Waals surface area contributed by atoms with E-state index in [1.165, 1.54) is 70.6 Å². The van der Waals surface area contributed by atoms with Crippen molar-refractivity contribution < 1.29 is 14.3 Å². The predicted molar refractivity (Wildman–Crippen MR) is 125 cm³/mol. The lowest BCUT2D eigenvalue weighted by Crippen LogP contribution is -2.35. The number of unbranched alkanes of at least 4 members (excludes halogenated alkanes) is 1. The lowest BCUT2D eigenvalue weighted by molar-refractivity contribution is -0.140. The zero-order valence-electron chi connectivity index (χ0n) is 19.7. The van der Waals surface area contributed by atoms with Crippen LogP contribution < -0.4 is 9.47 Å². The highest BCUT2D eigenvalue weighted by atomic mass is 16.5. The van der Waals surface area contributed by atoms with Crippen LogP contribution in [0.3, 0.4) is 0 Å². The predicted octanol–water partition coefficient (Wildman–Crippen LogP) is 7.43. The molecule has 3 saturated carbocycles. The van der Waals surface area contributed by atoms with Gasteiger partial charge >= 0.3 is 5.97 Å². The maximum absolute atomic E-state index is 12.6. The number of methoxy groups -OCH3 is 1. The molecule has 4 unspecified atom stereocenters. The van der Waals surface area contributed by atoms with E-state index in [1.807, 2.05) is 24.3 Å². The van der Waals surface area contributed by atoms with Crippen LogP contribution in [0, 0.1) is 35.5 Å². The first-order chi connectivity index (χ1) is 15.2. The summed E-state index contributed by atoms with van der Waals surface area (Å²) >= 11 is 0. The van der Waals surface area contributed by atoms with Crippen LogP contribution in [0.15, 0.2) is 24.3 Å². The quantitative estimate of drug-likeness (QED) is 0.336. The summed E-state index contributed by atoms with van der Waals surface area (Å²) in [5.41, 5.74) is 0. The first-order valence-electron chi connectivity index (χ1n) is 13.0. The van der Waals surface area contributed by atoms with Crippen LogP contribution >= 0.6 is 0 Å². The molecule has 3 fully saturated rings. The first-order valence-corrected chi connectivity index (χ1v) is 13.0. The Bertz CT molecular complexity index is 689. The van der Waals surface area contributed by atoms with Crippen LogP contribution in [-0.2, 0) is 4.79 Å². The van der Waals surface area contributed by atoms with Crippen molar-refractivity contribution >= 4 is 5.97 Å². The minimum atomic E-state index is -0.0438. The molecule has 4 rings (SSSR count). The van der Waals surface area contributed by atoms with Gasteiger partial charge in [-0.15, -0.1) is 0 Å². The number of carbonyl (C=O) groups excluding carboxylic acids is 1. The molecule has 0 aliphatic heterocycles. The summed E-state index contributed by atoms with van der Waals surface area (Å²) in [4.78, 5) is 12.6. The van der Waals surface area contributed by atoms with Crippen molar-refractivity contribution in [2.75, 3.05) is 7.11 Å². The average Bonchev–Trinajstić information content (AvgIpc) is 2.83. The van der Waals surface area contributed by atoms with E-state index in [2.05, 4.69) is 6.92 Å². The van der Waals surface area contributed by atoms with Crippen molar-refractivity contribution in [1.82, 2.24) is 0 Å². The Labute approximate surface area is 189 Å². The molecule has 4 atom stereocenters. The van der Waals surface area contributed by atoms with E-state index in [1.54, 1.807) is 7.11 Å². The van der Waals surface area contributed by atoms with Crippen LogP contribution in [0.25, 0.3) is 0 Å². The Morgan fingerprint density at radius 1 is 0.806 bits per heavy atom. The summed E-state index contributed by atoms with van der Waals surface area (Å²) in [5, 5.41) is 0. The lowest BCUT2D eigenvalue weighted by atomic mass is 9.60. The first kappa shape index (κ1) is 22.7. The van der Waals surface area contributed by atoms with Crippen LogP contribution in [0.4, 0.5) is 0 Å². The van der Waals surface area contributed by atoms with Crippen molar-refractivity contribution in [3.05, 3.63) is 24.3 Å². The Morgan fingerprint density at radius 3 is 2.06 bits per heavy atom. The third-order valence-electron chi connectivity index (χ3n) is 8.78. The Hall–Kier alpha value is -1.51. The molecule has 0 radical (unpaired) electrons. The van der Waals surface area contributed by atoms with E-state index < -0.39 is 0 Å². The second-order valence-corrected chi connectivity index (χ2v) is 10.6. The number of hydrogen-bond donors (Lipinski definition) is 0. The van der Waals surface area contributed by atoms with Gasteiger partial charge in [0, 0.05) is 0 Å². The molecular weight excluding hydrogens is 384 g/mol. The zero-order chi connectivity index (χ0) is 21.6. The second kappa shape index (κ2) is 10.9. The summed E-state index contributed by atoms with van der Waals surface area (Å²) in [6.45, 7) is 2.32. The fourth-order valence-electron chi connectivity index (χ4n) is 6.88. The van der Waals surface area contributed by atoms with Crippen LogP contribution in [0.2, 0.25) is 0 Å². The molecule has 31 heavy (non-hydrogen) atoms. The number of hydrogen-bond acceptors (Lipinski definition) is 3. The average molecular weight is 427 g/mol. The highest BCUT2D eigenvalue weighted by Crippen LogP contribution is 2.49. The molecule has 3 aliphatic carbocycles. The van der Waals surface area contributed by atoms with Gasteiger partial charge in [-0.3, -0.25) is 4.79 Å². The normalized spacial score (nSPS) is 33.4. The van der Waals surface area contributed by atoms with E-state index in [4.69, 9.17) is 9.47 Å². The maximum atomic E-state index is 12.6. The number of ether oxygens (including phenoxy) is 2. The Balaban J connectivity index is 1.21. The number of fused-ring (bicyclic) bond motifs is 1. The molecule has 0 bridgehead atoms. The van der Waals surface area contributed by atoms with Crippen LogP contribution in [0.5, 0.6) is 11.5 Å². The van der Waals surface area contributed by atoms with E-state index >= 15 is 0 Å². The van der Waals surface area contributed by atoms with Gasteiger partial charge in [0.2, 0.25) is 0 Å². The third kappa shape index (κ3) is 5.84. The van der Waals surface area contributed by atoms with Crippen LogP contribution in [0.1, 0.15) is 90.4 Å². The Kier molecular flexibility index (Phi) is 7.96. The van der Waals surface area contributed by atoms with Crippen molar-refractivity contribution in [2.24, 2.45) is 35.5 Å². The minimum absolute atomic E-state index is 0.0438. The molecule has 0 amide bonds. The van der Waals surface area contributed by atoms with Gasteiger partial charge in [-0.05, 0) is 112 Å². The third-order valence-corrected chi connectivity index (χ3v) is 8.78. The summed E-state index contributed by atoms with van der Waals surface area (Å²) in [7, 11) is 1.64. The highest BCUT2D eigenvalue weighted by molar-refractivity contribution is 5.75. The number of benzene rings is 1. The molecule has 0 spiro atoms. The van der Waals surface area contributed by atoms with Crippen molar-refractivity contribution in [3.63, 3.8) is 0 Å². The summed E-state index contributed by atoms with van der Waals surface area (Å²) in [6.07, 6.45) is 17.5. The highest BCUT2D eigenvalue weighted by Gasteiger charge is 2.39. The Morgan fingerprint density at radius 2 is 1.39 bits per heavy atom. The molecule has 3 nitrogen and oxygen atoms in total. The number of rotatable bonds is 7. The fraction of sp³-hybridized carbons (Fsp3) is 0.750. The fourth-order valence-corrected chi connectivity index (χ4v) is 6.88. The van der Waals surface area contributed by atoms with Gasteiger partial charge in [0.25, 0.3) is 0 Å². The number of esters is 1. The molecule has 172 valence electrons. The molecule has 1 aromatic carbocycles. The van der Waals surface area contributed by atoms with Gasteiger partial charge in [0.15, 0.2) is 0 Å². The molecule has 0 heterocycles. The minimum Gasteiger partial charge on any atom is -0.497 e. The standard InChI is InChI=1S/C28H42O3/c1-3-4-5-20-6-7-25-19-24(13-12-23(25)18-20)21-8-10-22(11-9-21)28(29)31-27-16-14-26(30-2)15-17-27/h14-17,20-25H,3-13,18-19H2,1-2H3. The van der Waals surface area contributed by atoms with E-state index in [9.17, 15) is 4.79 Å². The SMILES string of the molecule is CCCCC1CCC2CC(C3CCC(C(=O)Oc4ccc(OC)cc4)CC3)CCC2C1. The van der Waals surface area contributed by atoms with Gasteiger partial charge in [-0.25, -0.2) is 0 Å². The topological polar surface area (TPSA) is 35.5 Å². The van der Waals surface area contributed by atoms with Crippen molar-refractivity contribution in [2.45, 2.75) is 90.4 Å². The largest absolute Gasteiger partial charge is 0.497 e. The molecule has 0 N–H and O–H groups in total. The smallest absolute Gasteiger partial charge is 0.314 e. The lowest BCUT2D eigenvalue weighted by Gasteiger charge is -2.45. The molecule has 0 saturated heterocycles. The summed E-state index contributed by atoms with van der Waals surface area (Å²) < 4.78 is 10.8. The van der Waals surface area contributed by atoms with Gasteiger partial charge in [0.1, 0.15) is 11.5 Å². The molecule has 1 aromatic rings. The van der Waals surface area contributed by atoms with Crippen molar-refractivity contribution in [3.8, 4) is 11.5 Å². The zero-order valence-corrected chi connectivity index (χ0v) is 19.7. The van der Waals surface area contributed by atoms with E-state index in [0.29, 0.717) is 5.75 Å². The second-order valence-electron chi connectivity index (χ2n) is 10.6. The number of carbonyl (C=O) groups is 1. The van der Waals surface area contributed by atoms with Gasteiger partial charge < -0.3 is 9.47 Å². The van der Waals surface area contributed by atoms with Crippen molar-refractivity contribution in [1.29, 1.82) is 0 Å². The van der Waals surface area contributed by atoms with Gasteiger partial charge in [-0.2, -0.15) is 0 Å². The van der Waals surface area contributed by atoms with Gasteiger partial charge in [-0.1, -0.05) is 32.6 Å². The van der Waals surface area contributed by atoms with E-state index in [-0.39, 0.29) is 11.9 Å². The molecule has 0 aromatic heterocycles. The molecule has 3 heteroatoms. The van der Waals surface area contributed by atoms with E-state index in [0.717, 1.165) is 48.2 Å². The maximum Gasteiger partial charge on any atom is 0.314 e. The summed E-state index contributed by atoms with van der Waals surface area (Å²) in [6, 6.07) is 7.32. The monoisotopic (exact) mass is 426 g/mol. The molecule has 3 aliphatic rings. The summed E-state index contributed by atoms with van der Waals surface area (Å²) in [5.74, 6) is 6.21. The van der Waals surface area contributed by atoms with Crippen LogP contribution in [-0.4, -0.2) is 13.1 Å². The van der Waals surface area contributed by atoms with Gasteiger partial charge in [0.05, 0.1) is 13.0 Å².